The molecule has 0 aliphatic carbocycles. The molecule has 0 aliphatic rings. The Hall–Kier alpha value is -0.903. The van der Waals surface area contributed by atoms with Crippen LogP contribution in [0.1, 0.15) is 13.8 Å². The highest BCUT2D eigenvalue weighted by atomic mass is 28.1. The van der Waals surface area contributed by atoms with Crippen molar-refractivity contribution in [1.82, 2.24) is 5.32 Å². The molecule has 0 bridgehead atoms. The molecule has 1 N–H and O–H groups in total. The van der Waals surface area contributed by atoms with Gasteiger partial charge in [0.15, 0.2) is 0 Å². The summed E-state index contributed by atoms with van der Waals surface area (Å²) in [6.45, 7) is 6.39. The molecule has 3 nitrogen and oxygen atoms in total. The lowest BCUT2D eigenvalue weighted by atomic mass is 10.2. The van der Waals surface area contributed by atoms with Gasteiger partial charge < -0.3 is 0 Å². The quantitative estimate of drug-likeness (QED) is 0.431. The third kappa shape index (κ3) is 5.54. The number of carbonyl (C=O) groups excluding carboxylic acids is 2. The highest BCUT2D eigenvalue weighted by Gasteiger charge is 2.08. The summed E-state index contributed by atoms with van der Waals surface area (Å²) in [4.78, 5) is 21.1. The van der Waals surface area contributed by atoms with E-state index in [0.29, 0.717) is 0 Å². The lowest BCUT2D eigenvalue weighted by Gasteiger charge is -2.02. The van der Waals surface area contributed by atoms with E-state index >= 15 is 0 Å². The van der Waals surface area contributed by atoms with Gasteiger partial charge in [-0.25, -0.2) is 0 Å². The summed E-state index contributed by atoms with van der Waals surface area (Å²) in [6, 6.07) is 0. The van der Waals surface area contributed by atoms with Gasteiger partial charge in [0.2, 0.25) is 11.8 Å². The van der Waals surface area contributed by atoms with Crippen molar-refractivity contribution in [3.8, 4) is 0 Å². The van der Waals surface area contributed by atoms with E-state index in [0.717, 1.165) is 0 Å². The zero-order chi connectivity index (χ0) is 8.15. The number of amides is 2. The molecule has 0 fully saturated rings. The minimum absolute atomic E-state index is 0. The van der Waals surface area contributed by atoms with Gasteiger partial charge in [-0.05, 0) is 11.0 Å². The number of imide groups is 1. The van der Waals surface area contributed by atoms with Gasteiger partial charge in [0.1, 0.15) is 0 Å². The van der Waals surface area contributed by atoms with Crippen LogP contribution in [0.2, 0.25) is 0 Å². The number of nitrogens with one attached hydrogen (secondary N) is 1. The smallest absolute Gasteiger partial charge is 0.233 e. The van der Waals surface area contributed by atoms with Crippen LogP contribution in [0.3, 0.4) is 0 Å². The summed E-state index contributed by atoms with van der Waals surface area (Å²) in [5.41, 5.74) is 0. The average molecular weight is 173 g/mol. The number of hydrogen-bond acceptors (Lipinski definition) is 2. The molecule has 0 aromatic heterocycles. The molecular formula is C7H15NO2Si. The fraction of sp³-hybridized carbons (Fsp3) is 0.429. The van der Waals surface area contributed by atoms with Gasteiger partial charge in [-0.15, -0.1) is 6.58 Å². The Morgan fingerprint density at radius 2 is 2.00 bits per heavy atom. The van der Waals surface area contributed by atoms with Crippen LogP contribution < -0.4 is 5.32 Å². The van der Waals surface area contributed by atoms with Crippen LogP contribution in [-0.4, -0.2) is 22.8 Å². The van der Waals surface area contributed by atoms with Crippen LogP contribution >= 0.6 is 0 Å². The van der Waals surface area contributed by atoms with E-state index in [1.807, 2.05) is 0 Å². The van der Waals surface area contributed by atoms with Crippen molar-refractivity contribution in [2.75, 3.05) is 0 Å². The summed E-state index contributed by atoms with van der Waals surface area (Å²) >= 11 is 0. The Balaban J connectivity index is 0. The molecule has 4 heteroatoms. The van der Waals surface area contributed by atoms with E-state index in [1.54, 1.807) is 6.92 Å². The van der Waals surface area contributed by atoms with Crippen molar-refractivity contribution in [3.63, 3.8) is 0 Å². The monoisotopic (exact) mass is 173 g/mol. The molecule has 64 valence electrons. The van der Waals surface area contributed by atoms with Crippen LogP contribution in [0.5, 0.6) is 0 Å². The van der Waals surface area contributed by atoms with Crippen molar-refractivity contribution in [2.45, 2.75) is 13.8 Å². The topological polar surface area (TPSA) is 46.2 Å². The first-order chi connectivity index (χ1) is 4.57. The molecule has 1 unspecified atom stereocenters. The van der Waals surface area contributed by atoms with E-state index in [2.05, 4.69) is 11.9 Å². The molecule has 0 rings (SSSR count). The summed E-state index contributed by atoms with van der Waals surface area (Å²) in [5, 5.41) is 2.14. The Labute approximate surface area is 70.9 Å². The SMILES string of the molecule is C=CC(C)C(=O)NC(C)=O.[SiH4]. The third-order valence-electron chi connectivity index (χ3n) is 1.07. The molecule has 11 heavy (non-hydrogen) atoms. The van der Waals surface area contributed by atoms with Gasteiger partial charge in [-0.2, -0.15) is 0 Å². The van der Waals surface area contributed by atoms with Gasteiger partial charge in [-0.1, -0.05) is 13.0 Å². The maximum Gasteiger partial charge on any atom is 0.233 e. The van der Waals surface area contributed by atoms with Gasteiger partial charge >= 0.3 is 0 Å². The lowest BCUT2D eigenvalue weighted by molar-refractivity contribution is -0.130. The fourth-order valence-electron chi connectivity index (χ4n) is 0.394. The van der Waals surface area contributed by atoms with E-state index in [4.69, 9.17) is 0 Å². The van der Waals surface area contributed by atoms with Crippen molar-refractivity contribution >= 4 is 22.8 Å². The highest BCUT2D eigenvalue weighted by molar-refractivity contribution is 5.95. The van der Waals surface area contributed by atoms with Crippen molar-refractivity contribution in [2.24, 2.45) is 5.92 Å². The Morgan fingerprint density at radius 1 is 1.55 bits per heavy atom. The molecule has 0 saturated carbocycles. The molecule has 1 atom stereocenters. The second-order valence-electron chi connectivity index (χ2n) is 2.07. The first-order valence-electron chi connectivity index (χ1n) is 3.02. The van der Waals surface area contributed by atoms with Gasteiger partial charge in [0.05, 0.1) is 5.92 Å². The number of rotatable bonds is 2. The summed E-state index contributed by atoms with van der Waals surface area (Å²) in [7, 11) is 0. The predicted molar refractivity (Wildman–Crippen MR) is 49.5 cm³/mol. The largest absolute Gasteiger partial charge is 0.296 e. The standard InChI is InChI=1S/C7H11NO2.H4Si/c1-4-5(2)7(10)8-6(3)9;/h4-5H,1H2,2-3H3,(H,8,9,10);1H4. The molecule has 0 aromatic carbocycles. The van der Waals surface area contributed by atoms with Crippen LogP contribution in [0.15, 0.2) is 12.7 Å². The minimum atomic E-state index is -0.335. The van der Waals surface area contributed by atoms with E-state index in [9.17, 15) is 9.59 Å². The maximum atomic E-state index is 10.8. The van der Waals surface area contributed by atoms with E-state index < -0.39 is 0 Å². The van der Waals surface area contributed by atoms with Gasteiger partial charge in [0, 0.05) is 6.92 Å². The van der Waals surface area contributed by atoms with Crippen molar-refractivity contribution in [3.05, 3.63) is 12.7 Å². The molecule has 0 saturated heterocycles. The third-order valence-corrected chi connectivity index (χ3v) is 1.07. The average Bonchev–Trinajstić information content (AvgIpc) is 1.85. The van der Waals surface area contributed by atoms with Gasteiger partial charge in [-0.3, -0.25) is 14.9 Å². The maximum absolute atomic E-state index is 10.8. The summed E-state index contributed by atoms with van der Waals surface area (Å²) in [5.74, 6) is -0.940. The Kier molecular flexibility index (Phi) is 6.78. The van der Waals surface area contributed by atoms with Crippen LogP contribution in [0.25, 0.3) is 0 Å². The van der Waals surface area contributed by atoms with E-state index in [-0.39, 0.29) is 28.7 Å². The van der Waals surface area contributed by atoms with Gasteiger partial charge in [0.25, 0.3) is 0 Å². The number of hydrogen-bond donors (Lipinski definition) is 1. The number of carbonyl (C=O) groups is 2. The molecule has 0 spiro atoms. The molecule has 2 amide bonds. The predicted octanol–water partition coefficient (Wildman–Crippen LogP) is -0.980. The second kappa shape index (κ2) is 5.85. The summed E-state index contributed by atoms with van der Waals surface area (Å²) in [6.07, 6.45) is 1.48. The first-order valence-corrected chi connectivity index (χ1v) is 3.02. The molecule has 0 radical (unpaired) electrons. The van der Waals surface area contributed by atoms with Crippen LogP contribution in [-0.2, 0) is 9.59 Å². The van der Waals surface area contributed by atoms with Crippen molar-refractivity contribution in [1.29, 1.82) is 0 Å². The fourth-order valence-corrected chi connectivity index (χ4v) is 0.394. The normalized spacial score (nSPS) is 10.7. The molecule has 0 heterocycles. The second-order valence-corrected chi connectivity index (χ2v) is 2.07. The minimum Gasteiger partial charge on any atom is -0.296 e. The first kappa shape index (κ1) is 12.7. The summed E-state index contributed by atoms with van der Waals surface area (Å²) < 4.78 is 0. The van der Waals surface area contributed by atoms with Crippen LogP contribution in [0, 0.1) is 5.92 Å². The Morgan fingerprint density at radius 3 is 2.27 bits per heavy atom. The van der Waals surface area contributed by atoms with Crippen molar-refractivity contribution < 1.29 is 9.59 Å². The van der Waals surface area contributed by atoms with E-state index in [1.165, 1.54) is 13.0 Å². The highest BCUT2D eigenvalue weighted by Crippen LogP contribution is 1.93. The molecule has 0 aromatic rings. The zero-order valence-corrected chi connectivity index (χ0v) is 6.18. The zero-order valence-electron chi connectivity index (χ0n) is 6.18. The molecule has 0 aliphatic heterocycles. The molecular weight excluding hydrogens is 158 g/mol. The Bertz CT molecular complexity index is 168. The van der Waals surface area contributed by atoms with Crippen LogP contribution in [0.4, 0.5) is 0 Å². The lowest BCUT2D eigenvalue weighted by Crippen LogP contribution is -2.31.